The first-order chi connectivity index (χ1) is 10.2. The smallest absolute Gasteiger partial charge is 0.250 e. The molecule has 0 unspecified atom stereocenters. The number of amides is 1. The largest absolute Gasteiger partial charge is 0.494 e. The zero-order chi connectivity index (χ0) is 15.5. The molecule has 3 N–H and O–H groups in total. The summed E-state index contributed by atoms with van der Waals surface area (Å²) in [7, 11) is 1.52. The molecule has 0 aliphatic rings. The van der Waals surface area contributed by atoms with Crippen molar-refractivity contribution in [3.63, 3.8) is 0 Å². The normalized spacial score (nSPS) is 10.4. The summed E-state index contributed by atoms with van der Waals surface area (Å²) in [6.07, 6.45) is 2.14. The predicted molar refractivity (Wildman–Crippen MR) is 82.6 cm³/mol. The number of hydrogen-bond donors (Lipinski definition) is 2. The maximum atomic E-state index is 11.7. The average molecular weight is 296 g/mol. The van der Waals surface area contributed by atoms with Gasteiger partial charge in [0.1, 0.15) is 12.4 Å². The van der Waals surface area contributed by atoms with Crippen molar-refractivity contribution in [2.45, 2.75) is 19.8 Å². The number of nitrogen functional groups attached to an aromatic ring is 1. The van der Waals surface area contributed by atoms with Gasteiger partial charge in [-0.1, -0.05) is 13.3 Å². The first-order valence-electron chi connectivity index (χ1n) is 7.06. The van der Waals surface area contributed by atoms with E-state index in [0.29, 0.717) is 30.3 Å². The Kier molecular flexibility index (Phi) is 8.23. The Hall–Kier alpha value is -1.79. The molecule has 0 spiro atoms. The Balaban J connectivity index is 2.25. The number of methoxy groups -OCH3 is 1. The SMILES string of the molecule is CCCCOCCOCC(=O)Nc1ccc(N)cc1OC. The molecule has 6 nitrogen and oxygen atoms in total. The highest BCUT2D eigenvalue weighted by atomic mass is 16.5. The molecular weight excluding hydrogens is 272 g/mol. The summed E-state index contributed by atoms with van der Waals surface area (Å²) >= 11 is 0. The number of ether oxygens (including phenoxy) is 3. The minimum atomic E-state index is -0.244. The lowest BCUT2D eigenvalue weighted by Gasteiger charge is -2.11. The van der Waals surface area contributed by atoms with Crippen LogP contribution in [0.3, 0.4) is 0 Å². The number of rotatable bonds is 10. The molecule has 0 atom stereocenters. The fourth-order valence-electron chi connectivity index (χ4n) is 1.63. The van der Waals surface area contributed by atoms with Gasteiger partial charge in [0.2, 0.25) is 5.91 Å². The van der Waals surface area contributed by atoms with E-state index < -0.39 is 0 Å². The Labute approximate surface area is 125 Å². The number of hydrogen-bond acceptors (Lipinski definition) is 5. The summed E-state index contributed by atoms with van der Waals surface area (Å²) in [6.45, 7) is 3.71. The fourth-order valence-corrected chi connectivity index (χ4v) is 1.63. The molecule has 0 saturated heterocycles. The molecular formula is C15H24N2O4. The second-order valence-corrected chi connectivity index (χ2v) is 4.53. The maximum Gasteiger partial charge on any atom is 0.250 e. The fraction of sp³-hybridized carbons (Fsp3) is 0.533. The molecule has 0 heterocycles. The summed E-state index contributed by atoms with van der Waals surface area (Å²) in [5.74, 6) is 0.276. The van der Waals surface area contributed by atoms with E-state index in [0.717, 1.165) is 19.4 Å². The van der Waals surface area contributed by atoms with Crippen LogP contribution in [0.15, 0.2) is 18.2 Å². The van der Waals surface area contributed by atoms with Crippen LogP contribution < -0.4 is 15.8 Å². The minimum absolute atomic E-state index is 0.0231. The number of carbonyl (C=O) groups is 1. The molecule has 0 saturated carbocycles. The molecule has 0 bridgehead atoms. The highest BCUT2D eigenvalue weighted by Gasteiger charge is 2.07. The monoisotopic (exact) mass is 296 g/mol. The number of unbranched alkanes of at least 4 members (excludes halogenated alkanes) is 1. The first kappa shape index (κ1) is 17.3. The van der Waals surface area contributed by atoms with Crippen LogP contribution in [0.25, 0.3) is 0 Å². The molecule has 6 heteroatoms. The summed E-state index contributed by atoms with van der Waals surface area (Å²) in [5, 5.41) is 2.71. The van der Waals surface area contributed by atoms with Crippen LogP contribution in [0, 0.1) is 0 Å². The third-order valence-corrected chi connectivity index (χ3v) is 2.75. The number of anilines is 2. The molecule has 1 rings (SSSR count). The van der Waals surface area contributed by atoms with Gasteiger partial charge in [-0.3, -0.25) is 4.79 Å². The van der Waals surface area contributed by atoms with Gasteiger partial charge in [0, 0.05) is 18.4 Å². The van der Waals surface area contributed by atoms with Gasteiger partial charge in [-0.25, -0.2) is 0 Å². The summed E-state index contributed by atoms with van der Waals surface area (Å²) < 4.78 is 15.7. The van der Waals surface area contributed by atoms with Gasteiger partial charge in [-0.2, -0.15) is 0 Å². The summed E-state index contributed by atoms with van der Waals surface area (Å²) in [5.41, 5.74) is 6.79. The van der Waals surface area contributed by atoms with Gasteiger partial charge in [0.05, 0.1) is 26.0 Å². The quantitative estimate of drug-likeness (QED) is 0.510. The van der Waals surface area contributed by atoms with E-state index in [-0.39, 0.29) is 12.5 Å². The van der Waals surface area contributed by atoms with Gasteiger partial charge in [-0.15, -0.1) is 0 Å². The van der Waals surface area contributed by atoms with Crippen molar-refractivity contribution in [2.75, 3.05) is 44.6 Å². The molecule has 0 fully saturated rings. The zero-order valence-electron chi connectivity index (χ0n) is 12.7. The molecule has 0 aliphatic carbocycles. The topological polar surface area (TPSA) is 82.8 Å². The molecule has 0 aromatic heterocycles. The summed E-state index contributed by atoms with van der Waals surface area (Å²) in [4.78, 5) is 11.7. The number of nitrogens with one attached hydrogen (secondary N) is 1. The van der Waals surface area contributed by atoms with Crippen molar-refractivity contribution >= 4 is 17.3 Å². The van der Waals surface area contributed by atoms with Gasteiger partial charge in [-0.05, 0) is 18.6 Å². The number of carbonyl (C=O) groups excluding carboxylic acids is 1. The van der Waals surface area contributed by atoms with Crippen LogP contribution in [0.4, 0.5) is 11.4 Å². The van der Waals surface area contributed by atoms with E-state index in [1.165, 1.54) is 7.11 Å². The number of benzene rings is 1. The van der Waals surface area contributed by atoms with Crippen molar-refractivity contribution in [1.29, 1.82) is 0 Å². The predicted octanol–water partition coefficient (Wildman–Crippen LogP) is 2.05. The van der Waals surface area contributed by atoms with Gasteiger partial charge in [0.15, 0.2) is 0 Å². The van der Waals surface area contributed by atoms with E-state index in [2.05, 4.69) is 12.2 Å². The second-order valence-electron chi connectivity index (χ2n) is 4.53. The van der Waals surface area contributed by atoms with Crippen LogP contribution >= 0.6 is 0 Å². The van der Waals surface area contributed by atoms with E-state index in [1.54, 1.807) is 18.2 Å². The average Bonchev–Trinajstić information content (AvgIpc) is 2.48. The molecule has 1 aromatic rings. The number of nitrogens with two attached hydrogens (primary N) is 1. The maximum absolute atomic E-state index is 11.7. The lowest BCUT2D eigenvalue weighted by atomic mass is 10.2. The third-order valence-electron chi connectivity index (χ3n) is 2.75. The van der Waals surface area contributed by atoms with E-state index in [9.17, 15) is 4.79 Å². The van der Waals surface area contributed by atoms with Crippen molar-refractivity contribution < 1.29 is 19.0 Å². The standard InChI is InChI=1S/C15H24N2O4/c1-3-4-7-20-8-9-21-11-15(18)17-13-6-5-12(16)10-14(13)19-2/h5-6,10H,3-4,7-9,11,16H2,1-2H3,(H,17,18). The van der Waals surface area contributed by atoms with Crippen LogP contribution in [0.5, 0.6) is 5.75 Å². The Morgan fingerprint density at radius 1 is 1.24 bits per heavy atom. The minimum Gasteiger partial charge on any atom is -0.494 e. The van der Waals surface area contributed by atoms with Crippen LogP contribution in [0.2, 0.25) is 0 Å². The Morgan fingerprint density at radius 3 is 2.71 bits per heavy atom. The zero-order valence-corrected chi connectivity index (χ0v) is 12.7. The van der Waals surface area contributed by atoms with E-state index >= 15 is 0 Å². The molecule has 0 aliphatic heterocycles. The first-order valence-corrected chi connectivity index (χ1v) is 7.06. The van der Waals surface area contributed by atoms with Crippen molar-refractivity contribution in [3.8, 4) is 5.75 Å². The highest BCUT2D eigenvalue weighted by Crippen LogP contribution is 2.26. The molecule has 21 heavy (non-hydrogen) atoms. The van der Waals surface area contributed by atoms with E-state index in [4.69, 9.17) is 19.9 Å². The Bertz CT molecular complexity index is 438. The Morgan fingerprint density at radius 2 is 2.00 bits per heavy atom. The molecule has 1 aromatic carbocycles. The van der Waals surface area contributed by atoms with Crippen LogP contribution in [-0.4, -0.2) is 39.4 Å². The highest BCUT2D eigenvalue weighted by molar-refractivity contribution is 5.93. The van der Waals surface area contributed by atoms with Crippen molar-refractivity contribution in [1.82, 2.24) is 0 Å². The molecule has 0 radical (unpaired) electrons. The molecule has 118 valence electrons. The molecule has 1 amide bonds. The lowest BCUT2D eigenvalue weighted by Crippen LogP contribution is -2.20. The van der Waals surface area contributed by atoms with Crippen molar-refractivity contribution in [2.24, 2.45) is 0 Å². The van der Waals surface area contributed by atoms with Gasteiger partial charge in [0.25, 0.3) is 0 Å². The van der Waals surface area contributed by atoms with Crippen LogP contribution in [0.1, 0.15) is 19.8 Å². The summed E-state index contributed by atoms with van der Waals surface area (Å²) in [6, 6.07) is 5.04. The van der Waals surface area contributed by atoms with Gasteiger partial charge < -0.3 is 25.3 Å². The lowest BCUT2D eigenvalue weighted by molar-refractivity contribution is -0.121. The van der Waals surface area contributed by atoms with Crippen LogP contribution in [-0.2, 0) is 14.3 Å². The second kappa shape index (κ2) is 10.0. The van der Waals surface area contributed by atoms with Gasteiger partial charge >= 0.3 is 0 Å². The third kappa shape index (κ3) is 6.97. The van der Waals surface area contributed by atoms with E-state index in [1.807, 2.05) is 0 Å². The van der Waals surface area contributed by atoms with Crippen molar-refractivity contribution in [3.05, 3.63) is 18.2 Å².